The van der Waals surface area contributed by atoms with Gasteiger partial charge in [0.1, 0.15) is 6.29 Å². The summed E-state index contributed by atoms with van der Waals surface area (Å²) < 4.78 is 0. The molecule has 8 heteroatoms. The Morgan fingerprint density at radius 1 is 1.25 bits per heavy atom. The second-order valence-electron chi connectivity index (χ2n) is 5.23. The molecule has 0 saturated carbocycles. The summed E-state index contributed by atoms with van der Waals surface area (Å²) in [6.45, 7) is 7.36. The molecule has 0 aromatic rings. The Morgan fingerprint density at radius 2 is 1.80 bits per heavy atom. The van der Waals surface area contributed by atoms with Crippen LogP contribution in [-0.4, -0.2) is 92.5 Å². The predicted molar refractivity (Wildman–Crippen MR) is 85.3 cm³/mol. The highest BCUT2D eigenvalue weighted by atomic mass is 31.0. The molecule has 7 nitrogen and oxygen atoms in total. The number of carbonyl (C=O) groups excluding carboxylic acids is 1. The van der Waals surface area contributed by atoms with Gasteiger partial charge in [0.15, 0.2) is 0 Å². The van der Waals surface area contributed by atoms with Gasteiger partial charge in [-0.15, -0.1) is 9.24 Å². The molecule has 0 spiro atoms. The predicted octanol–water partition coefficient (Wildman–Crippen LogP) is -2.27. The van der Waals surface area contributed by atoms with Crippen LogP contribution in [0.5, 0.6) is 0 Å². The fourth-order valence-electron chi connectivity index (χ4n) is 2.16. The van der Waals surface area contributed by atoms with Gasteiger partial charge in [0, 0.05) is 45.8 Å². The maximum absolute atomic E-state index is 11.6. The molecule has 0 aliphatic carbocycles. The van der Waals surface area contributed by atoms with Crippen molar-refractivity contribution >= 4 is 15.1 Å². The number of carbonyl (C=O) groups is 1. The highest BCUT2D eigenvalue weighted by molar-refractivity contribution is 7.16. The summed E-state index contributed by atoms with van der Waals surface area (Å²) in [5, 5.41) is 2.90. The van der Waals surface area contributed by atoms with Gasteiger partial charge in [0.05, 0.1) is 6.54 Å². The first-order chi connectivity index (χ1) is 9.52. The monoisotopic (exact) mass is 304 g/mol. The van der Waals surface area contributed by atoms with Crippen LogP contribution >= 0.6 is 9.24 Å². The van der Waals surface area contributed by atoms with E-state index in [0.29, 0.717) is 6.54 Å². The van der Waals surface area contributed by atoms with Crippen molar-refractivity contribution in [3.63, 3.8) is 0 Å². The number of piperazine rings is 1. The van der Waals surface area contributed by atoms with E-state index in [2.05, 4.69) is 24.4 Å². The van der Waals surface area contributed by atoms with Crippen molar-refractivity contribution in [2.75, 3.05) is 65.6 Å². The zero-order valence-electron chi connectivity index (χ0n) is 12.4. The highest BCUT2D eigenvalue weighted by Crippen LogP contribution is 2.01. The van der Waals surface area contributed by atoms with Gasteiger partial charge in [-0.25, -0.2) is 0 Å². The summed E-state index contributed by atoms with van der Waals surface area (Å²) in [6, 6.07) is 0. The van der Waals surface area contributed by atoms with E-state index in [9.17, 15) is 4.79 Å². The molecular formula is C12H29N6OP. The van der Waals surface area contributed by atoms with Crippen molar-refractivity contribution in [2.24, 2.45) is 11.5 Å². The van der Waals surface area contributed by atoms with Crippen LogP contribution in [0.3, 0.4) is 0 Å². The maximum Gasteiger partial charge on any atom is 0.234 e. The van der Waals surface area contributed by atoms with Crippen molar-refractivity contribution in [3.8, 4) is 0 Å². The van der Waals surface area contributed by atoms with Crippen molar-refractivity contribution in [1.29, 1.82) is 0 Å². The summed E-state index contributed by atoms with van der Waals surface area (Å²) >= 11 is 0. The van der Waals surface area contributed by atoms with E-state index in [0.717, 1.165) is 45.4 Å². The van der Waals surface area contributed by atoms with E-state index in [4.69, 9.17) is 11.5 Å². The number of nitrogens with one attached hydrogen (secondary N) is 1. The molecular weight excluding hydrogens is 275 g/mol. The average molecular weight is 304 g/mol. The summed E-state index contributed by atoms with van der Waals surface area (Å²) in [6.07, 6.45) is 0.540. The normalized spacial score (nSPS) is 17.9. The second-order valence-corrected chi connectivity index (χ2v) is 5.80. The molecule has 1 amide bonds. The van der Waals surface area contributed by atoms with E-state index in [1.165, 1.54) is 0 Å². The Bertz CT molecular complexity index is 283. The molecule has 118 valence electrons. The number of likely N-dealkylation sites (N-methyl/N-ethyl adjacent to an activating group) is 1. The number of hydrogen-bond donors (Lipinski definition) is 3. The Labute approximate surface area is 124 Å². The third-order valence-electron chi connectivity index (χ3n) is 3.56. The smallest absolute Gasteiger partial charge is 0.234 e. The lowest BCUT2D eigenvalue weighted by Gasteiger charge is -2.34. The van der Waals surface area contributed by atoms with Crippen molar-refractivity contribution < 1.29 is 4.79 Å². The van der Waals surface area contributed by atoms with Gasteiger partial charge in [-0.3, -0.25) is 14.6 Å². The standard InChI is InChI=1S/C12H29N6OP/c1-16(12(13)14)10-11(19)15-2-3-17-4-6-18(7-5-17)8-9-20/h12H,2-10,13-14,20H2,1H3,(H,15,19). The highest BCUT2D eigenvalue weighted by Gasteiger charge is 2.16. The summed E-state index contributed by atoms with van der Waals surface area (Å²) in [5.74, 6) is -0.0324. The quantitative estimate of drug-likeness (QED) is 0.346. The minimum atomic E-state index is -0.592. The first-order valence-electron chi connectivity index (χ1n) is 7.16. The molecule has 0 aromatic carbocycles. The number of nitrogens with two attached hydrogens (primary N) is 2. The van der Waals surface area contributed by atoms with Gasteiger partial charge in [0.25, 0.3) is 0 Å². The number of rotatable bonds is 8. The topological polar surface area (TPSA) is 90.9 Å². The summed E-state index contributed by atoms with van der Waals surface area (Å²) in [4.78, 5) is 18.1. The third-order valence-corrected chi connectivity index (χ3v) is 3.82. The van der Waals surface area contributed by atoms with Crippen LogP contribution in [0.1, 0.15) is 0 Å². The minimum absolute atomic E-state index is 0.0324. The van der Waals surface area contributed by atoms with Gasteiger partial charge < -0.3 is 21.7 Å². The van der Waals surface area contributed by atoms with E-state index < -0.39 is 6.29 Å². The lowest BCUT2D eigenvalue weighted by Crippen LogP contribution is -2.51. The maximum atomic E-state index is 11.6. The molecule has 1 atom stereocenters. The molecule has 0 aromatic heterocycles. The van der Waals surface area contributed by atoms with Gasteiger partial charge in [-0.1, -0.05) is 0 Å². The van der Waals surface area contributed by atoms with Gasteiger partial charge >= 0.3 is 0 Å². The minimum Gasteiger partial charge on any atom is -0.354 e. The molecule has 1 rings (SSSR count). The Kier molecular flexibility index (Phi) is 8.52. The van der Waals surface area contributed by atoms with Crippen LogP contribution in [0.4, 0.5) is 0 Å². The molecule has 0 bridgehead atoms. The second kappa shape index (κ2) is 9.60. The Morgan fingerprint density at radius 3 is 2.30 bits per heavy atom. The van der Waals surface area contributed by atoms with Crippen LogP contribution < -0.4 is 16.8 Å². The zero-order chi connectivity index (χ0) is 15.0. The van der Waals surface area contributed by atoms with Crippen molar-refractivity contribution in [1.82, 2.24) is 20.0 Å². The van der Waals surface area contributed by atoms with Crippen LogP contribution in [0.15, 0.2) is 0 Å². The first kappa shape index (κ1) is 17.8. The number of hydrogen-bond acceptors (Lipinski definition) is 6. The van der Waals surface area contributed by atoms with E-state index in [1.54, 1.807) is 11.9 Å². The molecule has 5 N–H and O–H groups in total. The van der Waals surface area contributed by atoms with Crippen molar-refractivity contribution in [3.05, 3.63) is 0 Å². The lowest BCUT2D eigenvalue weighted by atomic mass is 10.3. The fraction of sp³-hybridized carbons (Fsp3) is 0.917. The van der Waals surface area contributed by atoms with Gasteiger partial charge in [-0.05, 0) is 13.2 Å². The number of amides is 1. The third kappa shape index (κ3) is 6.92. The van der Waals surface area contributed by atoms with E-state index in [-0.39, 0.29) is 12.5 Å². The first-order valence-corrected chi connectivity index (χ1v) is 7.97. The van der Waals surface area contributed by atoms with Gasteiger partial charge in [0.2, 0.25) is 5.91 Å². The largest absolute Gasteiger partial charge is 0.354 e. The Balaban J connectivity index is 2.08. The molecule has 1 saturated heterocycles. The molecule has 1 unspecified atom stereocenters. The van der Waals surface area contributed by atoms with Crippen molar-refractivity contribution in [2.45, 2.75) is 6.29 Å². The van der Waals surface area contributed by atoms with Crippen LogP contribution in [0.25, 0.3) is 0 Å². The van der Waals surface area contributed by atoms with E-state index >= 15 is 0 Å². The molecule has 1 aliphatic heterocycles. The van der Waals surface area contributed by atoms with Gasteiger partial charge in [-0.2, -0.15) is 0 Å². The lowest BCUT2D eigenvalue weighted by molar-refractivity contribution is -0.122. The molecule has 1 aliphatic rings. The van der Waals surface area contributed by atoms with Crippen LogP contribution in [0, 0.1) is 0 Å². The molecule has 0 radical (unpaired) electrons. The van der Waals surface area contributed by atoms with Crippen LogP contribution in [0.2, 0.25) is 0 Å². The van der Waals surface area contributed by atoms with Crippen LogP contribution in [-0.2, 0) is 4.79 Å². The van der Waals surface area contributed by atoms with E-state index in [1.807, 2.05) is 0 Å². The Hall–Kier alpha value is -0.300. The number of nitrogens with zero attached hydrogens (tertiary/aromatic N) is 3. The molecule has 20 heavy (non-hydrogen) atoms. The zero-order valence-corrected chi connectivity index (χ0v) is 13.6. The fourth-order valence-corrected chi connectivity index (χ4v) is 2.53. The summed E-state index contributed by atoms with van der Waals surface area (Å²) in [7, 11) is 4.50. The average Bonchev–Trinajstić information content (AvgIpc) is 2.41. The SMILES string of the molecule is CN(CC(=O)NCCN1CCN(CCP)CC1)C(N)N. The molecule has 1 heterocycles. The molecule has 1 fully saturated rings. The summed E-state index contributed by atoms with van der Waals surface area (Å²) in [5.41, 5.74) is 11.0.